The summed E-state index contributed by atoms with van der Waals surface area (Å²) in [6.07, 6.45) is 2.21. The van der Waals surface area contributed by atoms with Gasteiger partial charge in [-0.3, -0.25) is 9.69 Å². The van der Waals surface area contributed by atoms with Crippen LogP contribution in [0, 0.1) is 31.1 Å². The lowest BCUT2D eigenvalue weighted by molar-refractivity contribution is -0.137. The van der Waals surface area contributed by atoms with Crippen LogP contribution in [-0.4, -0.2) is 51.6 Å². The molecule has 1 aliphatic heterocycles. The Hall–Kier alpha value is -2.92. The SMILES string of the molecule is Cc1cc(CN2CCN(C(=O)C3CC3)[C@@H](C)C2)c(C)c(Nc2nnc(CC#N)o2)c1. The normalized spacial score (nSPS) is 19.5. The number of hydrogen-bond acceptors (Lipinski definition) is 7. The number of piperazine rings is 1. The van der Waals surface area contributed by atoms with Gasteiger partial charge >= 0.3 is 6.01 Å². The highest BCUT2D eigenvalue weighted by molar-refractivity contribution is 5.81. The molecule has 1 atom stereocenters. The van der Waals surface area contributed by atoms with Crippen LogP contribution in [0.5, 0.6) is 0 Å². The Kier molecular flexibility index (Phi) is 5.73. The molecule has 1 amide bonds. The zero-order valence-electron chi connectivity index (χ0n) is 17.8. The Labute approximate surface area is 176 Å². The van der Waals surface area contributed by atoms with E-state index >= 15 is 0 Å². The minimum absolute atomic E-state index is 0.0974. The lowest BCUT2D eigenvalue weighted by atomic mass is 10.0. The van der Waals surface area contributed by atoms with E-state index in [2.05, 4.69) is 58.2 Å². The first kappa shape index (κ1) is 20.4. The zero-order chi connectivity index (χ0) is 21.3. The molecule has 1 aliphatic carbocycles. The van der Waals surface area contributed by atoms with Crippen LogP contribution >= 0.6 is 0 Å². The average molecular weight is 409 g/mol. The van der Waals surface area contributed by atoms with Crippen molar-refractivity contribution in [2.24, 2.45) is 5.92 Å². The topological polar surface area (TPSA) is 98.3 Å². The molecule has 8 heteroatoms. The third kappa shape index (κ3) is 4.46. The van der Waals surface area contributed by atoms with Crippen LogP contribution in [0.1, 0.15) is 42.3 Å². The minimum atomic E-state index is 0.0974. The summed E-state index contributed by atoms with van der Waals surface area (Å²) in [6.45, 7) is 9.71. The molecule has 2 aliphatic rings. The zero-order valence-corrected chi connectivity index (χ0v) is 17.8. The number of benzene rings is 1. The minimum Gasteiger partial charge on any atom is -0.407 e. The summed E-state index contributed by atoms with van der Waals surface area (Å²) in [5, 5.41) is 19.8. The molecule has 1 N–H and O–H groups in total. The van der Waals surface area contributed by atoms with E-state index in [1.165, 1.54) is 5.56 Å². The van der Waals surface area contributed by atoms with Crippen molar-refractivity contribution >= 4 is 17.6 Å². The highest BCUT2D eigenvalue weighted by atomic mass is 16.4. The molecule has 30 heavy (non-hydrogen) atoms. The highest BCUT2D eigenvalue weighted by Gasteiger charge is 2.37. The summed E-state index contributed by atoms with van der Waals surface area (Å²) < 4.78 is 5.48. The summed E-state index contributed by atoms with van der Waals surface area (Å²) in [5.74, 6) is 0.929. The Balaban J connectivity index is 1.44. The summed E-state index contributed by atoms with van der Waals surface area (Å²) in [5.41, 5.74) is 4.44. The van der Waals surface area contributed by atoms with Gasteiger partial charge in [0, 0.05) is 43.8 Å². The highest BCUT2D eigenvalue weighted by Crippen LogP contribution is 2.32. The fourth-order valence-electron chi connectivity index (χ4n) is 4.10. The van der Waals surface area contributed by atoms with Crippen LogP contribution in [-0.2, 0) is 17.8 Å². The first-order valence-corrected chi connectivity index (χ1v) is 10.5. The van der Waals surface area contributed by atoms with E-state index in [-0.39, 0.29) is 18.4 Å². The lowest BCUT2D eigenvalue weighted by Gasteiger charge is -2.40. The van der Waals surface area contributed by atoms with Crippen LogP contribution < -0.4 is 5.32 Å². The fourth-order valence-corrected chi connectivity index (χ4v) is 4.10. The van der Waals surface area contributed by atoms with Crippen molar-refractivity contribution in [3.05, 3.63) is 34.7 Å². The Morgan fingerprint density at radius 1 is 1.30 bits per heavy atom. The van der Waals surface area contributed by atoms with Gasteiger partial charge in [-0.1, -0.05) is 11.2 Å². The maximum atomic E-state index is 12.5. The van der Waals surface area contributed by atoms with Gasteiger partial charge in [-0.15, -0.1) is 5.10 Å². The number of nitrogens with zero attached hydrogens (tertiary/aromatic N) is 5. The van der Waals surface area contributed by atoms with Crippen LogP contribution in [0.2, 0.25) is 0 Å². The van der Waals surface area contributed by atoms with Crippen molar-refractivity contribution in [3.63, 3.8) is 0 Å². The van der Waals surface area contributed by atoms with E-state index < -0.39 is 0 Å². The van der Waals surface area contributed by atoms with Crippen molar-refractivity contribution in [1.82, 2.24) is 20.0 Å². The molecule has 0 spiro atoms. The van der Waals surface area contributed by atoms with Crippen molar-refractivity contribution in [1.29, 1.82) is 5.26 Å². The monoisotopic (exact) mass is 408 g/mol. The molecule has 0 unspecified atom stereocenters. The second kappa shape index (κ2) is 8.44. The molecule has 2 heterocycles. The van der Waals surface area contributed by atoms with Crippen LogP contribution in [0.25, 0.3) is 0 Å². The van der Waals surface area contributed by atoms with Crippen molar-refractivity contribution in [3.8, 4) is 6.07 Å². The number of hydrogen-bond donors (Lipinski definition) is 1. The molecule has 1 aromatic carbocycles. The van der Waals surface area contributed by atoms with Crippen molar-refractivity contribution in [2.45, 2.75) is 52.6 Å². The molecule has 2 fully saturated rings. The largest absolute Gasteiger partial charge is 0.407 e. The number of anilines is 2. The summed E-state index contributed by atoms with van der Waals surface area (Å²) in [7, 11) is 0. The standard InChI is InChI=1S/C22H28N6O2/c1-14-10-18(13-27-8-9-28(15(2)12-27)21(29)17-4-5-17)16(3)19(11-14)24-22-26-25-20(30-22)6-7-23/h10-11,15,17H,4-6,8-9,12-13H2,1-3H3,(H,24,26)/t15-/m0/s1. The molecule has 158 valence electrons. The molecule has 1 saturated heterocycles. The molecule has 1 saturated carbocycles. The maximum Gasteiger partial charge on any atom is 0.320 e. The number of carbonyl (C=O) groups is 1. The lowest BCUT2D eigenvalue weighted by Crippen LogP contribution is -2.54. The van der Waals surface area contributed by atoms with E-state index in [0.717, 1.165) is 55.8 Å². The molecule has 0 radical (unpaired) electrons. The van der Waals surface area contributed by atoms with Crippen LogP contribution in [0.4, 0.5) is 11.7 Å². The molecule has 8 nitrogen and oxygen atoms in total. The third-order valence-electron chi connectivity index (χ3n) is 5.91. The third-order valence-corrected chi connectivity index (χ3v) is 5.91. The van der Waals surface area contributed by atoms with Gasteiger partial charge in [0.05, 0.1) is 6.07 Å². The Morgan fingerprint density at radius 2 is 2.10 bits per heavy atom. The van der Waals surface area contributed by atoms with E-state index in [1.807, 2.05) is 6.07 Å². The van der Waals surface area contributed by atoms with E-state index in [9.17, 15) is 4.79 Å². The Morgan fingerprint density at radius 3 is 2.80 bits per heavy atom. The van der Waals surface area contributed by atoms with E-state index in [0.29, 0.717) is 17.8 Å². The molecule has 4 rings (SSSR count). The van der Waals surface area contributed by atoms with Crippen molar-refractivity contribution < 1.29 is 9.21 Å². The smallest absolute Gasteiger partial charge is 0.320 e. The number of rotatable bonds is 6. The second-order valence-corrected chi connectivity index (χ2v) is 8.45. The van der Waals surface area contributed by atoms with Gasteiger partial charge in [-0.05, 0) is 56.4 Å². The van der Waals surface area contributed by atoms with Gasteiger partial charge < -0.3 is 14.6 Å². The number of nitrogens with one attached hydrogen (secondary N) is 1. The molecule has 1 aromatic heterocycles. The summed E-state index contributed by atoms with van der Waals surface area (Å²) >= 11 is 0. The van der Waals surface area contributed by atoms with Gasteiger partial charge in [0.25, 0.3) is 0 Å². The van der Waals surface area contributed by atoms with Gasteiger partial charge in [-0.2, -0.15) is 5.26 Å². The number of aromatic nitrogens is 2. The maximum absolute atomic E-state index is 12.5. The fraction of sp³-hybridized carbons (Fsp3) is 0.545. The Bertz CT molecular complexity index is 974. The number of nitriles is 1. The number of amides is 1. The first-order valence-electron chi connectivity index (χ1n) is 10.5. The van der Waals surface area contributed by atoms with Crippen LogP contribution in [0.3, 0.4) is 0 Å². The van der Waals surface area contributed by atoms with Crippen LogP contribution in [0.15, 0.2) is 16.5 Å². The first-order chi connectivity index (χ1) is 14.4. The number of aryl methyl sites for hydroxylation is 1. The second-order valence-electron chi connectivity index (χ2n) is 8.45. The van der Waals surface area contributed by atoms with Crippen molar-refractivity contribution in [2.75, 3.05) is 25.0 Å². The van der Waals surface area contributed by atoms with Gasteiger partial charge in [0.2, 0.25) is 11.8 Å². The number of carbonyl (C=O) groups excluding carboxylic acids is 1. The summed E-state index contributed by atoms with van der Waals surface area (Å²) in [6, 6.07) is 6.81. The van der Waals surface area contributed by atoms with E-state index in [1.54, 1.807) is 0 Å². The molecule has 0 bridgehead atoms. The van der Waals surface area contributed by atoms with E-state index in [4.69, 9.17) is 9.68 Å². The quantitative estimate of drug-likeness (QED) is 0.784. The summed E-state index contributed by atoms with van der Waals surface area (Å²) in [4.78, 5) is 16.9. The predicted octanol–water partition coefficient (Wildman–Crippen LogP) is 2.94. The van der Waals surface area contributed by atoms with Gasteiger partial charge in [0.1, 0.15) is 6.42 Å². The van der Waals surface area contributed by atoms with Gasteiger partial charge in [-0.25, -0.2) is 0 Å². The molecule has 2 aromatic rings. The van der Waals surface area contributed by atoms with Gasteiger partial charge in [0.15, 0.2) is 0 Å². The molecular formula is C22H28N6O2. The average Bonchev–Trinajstić information content (AvgIpc) is 3.46. The molecular weight excluding hydrogens is 380 g/mol. The predicted molar refractivity (Wildman–Crippen MR) is 112 cm³/mol.